The SMILES string of the molecule is O=C1Nc2ccccc2C1=Nc1nc2cc(Cl)ccc2s1. The zero-order valence-electron chi connectivity index (χ0n) is 10.6. The molecule has 4 nitrogen and oxygen atoms in total. The first-order valence-electron chi connectivity index (χ1n) is 6.26. The first kappa shape index (κ1) is 12.5. The van der Waals surface area contributed by atoms with Gasteiger partial charge in [-0.1, -0.05) is 41.1 Å². The second kappa shape index (κ2) is 4.65. The summed E-state index contributed by atoms with van der Waals surface area (Å²) in [6.07, 6.45) is 0. The van der Waals surface area contributed by atoms with Crippen molar-refractivity contribution in [2.75, 3.05) is 5.32 Å². The number of halogens is 1. The summed E-state index contributed by atoms with van der Waals surface area (Å²) in [7, 11) is 0. The molecule has 2 aromatic carbocycles. The van der Waals surface area contributed by atoms with Crippen LogP contribution in [0.2, 0.25) is 5.02 Å². The van der Waals surface area contributed by atoms with Gasteiger partial charge in [0.2, 0.25) is 5.13 Å². The van der Waals surface area contributed by atoms with E-state index in [9.17, 15) is 4.79 Å². The Hall–Kier alpha value is -2.24. The second-order valence-corrected chi connectivity index (χ2v) is 6.01. The molecule has 0 saturated heterocycles. The maximum Gasteiger partial charge on any atom is 0.275 e. The van der Waals surface area contributed by atoms with Crippen molar-refractivity contribution >= 4 is 55.6 Å². The molecule has 0 atom stereocenters. The Balaban J connectivity index is 1.84. The molecule has 102 valence electrons. The summed E-state index contributed by atoms with van der Waals surface area (Å²) in [5.74, 6) is -0.200. The number of fused-ring (bicyclic) bond motifs is 2. The van der Waals surface area contributed by atoms with Crippen molar-refractivity contribution in [3.63, 3.8) is 0 Å². The third-order valence-corrected chi connectivity index (χ3v) is 4.36. The largest absolute Gasteiger partial charge is 0.320 e. The maximum atomic E-state index is 12.0. The number of nitrogens with zero attached hydrogens (tertiary/aromatic N) is 2. The van der Waals surface area contributed by atoms with Crippen LogP contribution in [-0.4, -0.2) is 16.6 Å². The van der Waals surface area contributed by atoms with Crippen LogP contribution in [0.15, 0.2) is 47.5 Å². The van der Waals surface area contributed by atoms with Gasteiger partial charge in [-0.15, -0.1) is 0 Å². The molecule has 1 aliphatic heterocycles. The molecule has 1 aliphatic rings. The minimum absolute atomic E-state index is 0.200. The molecule has 6 heteroatoms. The number of aliphatic imine (C=N–C) groups is 1. The van der Waals surface area contributed by atoms with Crippen LogP contribution >= 0.6 is 22.9 Å². The molecule has 3 aromatic rings. The van der Waals surface area contributed by atoms with E-state index in [0.717, 1.165) is 21.5 Å². The van der Waals surface area contributed by atoms with Gasteiger partial charge in [0.15, 0.2) is 0 Å². The Morgan fingerprint density at radius 2 is 2.05 bits per heavy atom. The molecule has 0 spiro atoms. The predicted octanol–water partition coefficient (Wildman–Crippen LogP) is 4.02. The van der Waals surface area contributed by atoms with E-state index in [1.54, 1.807) is 6.07 Å². The quantitative estimate of drug-likeness (QED) is 0.737. The number of carbonyl (C=O) groups is 1. The van der Waals surface area contributed by atoms with Crippen molar-refractivity contribution in [3.05, 3.63) is 53.1 Å². The highest BCUT2D eigenvalue weighted by atomic mass is 35.5. The number of hydrogen-bond donors (Lipinski definition) is 1. The number of amides is 1. The van der Waals surface area contributed by atoms with Crippen LogP contribution in [0.1, 0.15) is 5.56 Å². The monoisotopic (exact) mass is 313 g/mol. The lowest BCUT2D eigenvalue weighted by atomic mass is 10.1. The first-order valence-corrected chi connectivity index (χ1v) is 7.46. The molecule has 1 amide bonds. The van der Waals surface area contributed by atoms with Crippen LogP contribution in [0.4, 0.5) is 10.8 Å². The van der Waals surface area contributed by atoms with E-state index in [0.29, 0.717) is 15.9 Å². The van der Waals surface area contributed by atoms with E-state index >= 15 is 0 Å². The summed E-state index contributed by atoms with van der Waals surface area (Å²) in [4.78, 5) is 20.8. The molecule has 0 unspecified atom stereocenters. The zero-order chi connectivity index (χ0) is 14.4. The van der Waals surface area contributed by atoms with Crippen molar-refractivity contribution in [2.45, 2.75) is 0 Å². The van der Waals surface area contributed by atoms with E-state index in [4.69, 9.17) is 11.6 Å². The Morgan fingerprint density at radius 3 is 2.95 bits per heavy atom. The lowest BCUT2D eigenvalue weighted by Gasteiger charge is -1.94. The minimum atomic E-state index is -0.200. The summed E-state index contributed by atoms with van der Waals surface area (Å²) in [5.41, 5.74) is 2.78. The molecule has 21 heavy (non-hydrogen) atoms. The van der Waals surface area contributed by atoms with Crippen molar-refractivity contribution < 1.29 is 4.79 Å². The van der Waals surface area contributed by atoms with Gasteiger partial charge in [0.25, 0.3) is 5.91 Å². The number of thiazole rings is 1. The van der Waals surface area contributed by atoms with Crippen molar-refractivity contribution in [1.82, 2.24) is 4.98 Å². The highest BCUT2D eigenvalue weighted by molar-refractivity contribution is 7.22. The molecule has 0 saturated carbocycles. The van der Waals surface area contributed by atoms with Gasteiger partial charge in [0.1, 0.15) is 5.71 Å². The summed E-state index contributed by atoms with van der Waals surface area (Å²) in [5, 5.41) is 3.98. The molecule has 0 aliphatic carbocycles. The van der Waals surface area contributed by atoms with Crippen LogP contribution < -0.4 is 5.32 Å². The lowest BCUT2D eigenvalue weighted by Crippen LogP contribution is -2.13. The maximum absolute atomic E-state index is 12.0. The molecular weight excluding hydrogens is 306 g/mol. The average molecular weight is 314 g/mol. The third-order valence-electron chi connectivity index (χ3n) is 3.19. The Bertz CT molecular complexity index is 916. The van der Waals surface area contributed by atoms with Crippen LogP contribution in [0.5, 0.6) is 0 Å². The average Bonchev–Trinajstić information content (AvgIpc) is 3.00. The highest BCUT2D eigenvalue weighted by Gasteiger charge is 2.25. The van der Waals surface area contributed by atoms with Gasteiger partial charge in [-0.3, -0.25) is 4.79 Å². The number of carbonyl (C=O) groups excluding carboxylic acids is 1. The van der Waals surface area contributed by atoms with Gasteiger partial charge in [-0.25, -0.2) is 9.98 Å². The summed E-state index contributed by atoms with van der Waals surface area (Å²) in [6, 6.07) is 13.0. The third kappa shape index (κ3) is 2.11. The molecule has 4 rings (SSSR count). The molecule has 1 aromatic heterocycles. The highest BCUT2D eigenvalue weighted by Crippen LogP contribution is 2.32. The normalized spacial score (nSPS) is 15.5. The van der Waals surface area contributed by atoms with Crippen LogP contribution in [0.3, 0.4) is 0 Å². The standard InChI is InChI=1S/C15H8ClN3OS/c16-8-5-6-12-11(7-8)18-15(21-12)19-13-9-3-1-2-4-10(9)17-14(13)20/h1-7H,(H,17,18,19,20). The van der Waals surface area contributed by atoms with Crippen molar-refractivity contribution in [2.24, 2.45) is 4.99 Å². The van der Waals surface area contributed by atoms with Crippen LogP contribution in [0, 0.1) is 0 Å². The molecule has 0 fully saturated rings. The van der Waals surface area contributed by atoms with Crippen LogP contribution in [-0.2, 0) is 4.79 Å². The number of rotatable bonds is 1. The second-order valence-electron chi connectivity index (χ2n) is 4.57. The zero-order valence-corrected chi connectivity index (χ0v) is 12.2. The van der Waals surface area contributed by atoms with Gasteiger partial charge in [-0.2, -0.15) is 0 Å². The van der Waals surface area contributed by atoms with Crippen LogP contribution in [0.25, 0.3) is 10.2 Å². The fourth-order valence-corrected chi connectivity index (χ4v) is 3.23. The topological polar surface area (TPSA) is 54.4 Å². The predicted molar refractivity (Wildman–Crippen MR) is 85.9 cm³/mol. The van der Waals surface area contributed by atoms with Crippen molar-refractivity contribution in [1.29, 1.82) is 0 Å². The molecule has 2 heterocycles. The molecular formula is C15H8ClN3OS. The smallest absolute Gasteiger partial charge is 0.275 e. The van der Waals surface area contributed by atoms with Gasteiger partial charge < -0.3 is 5.32 Å². The lowest BCUT2D eigenvalue weighted by molar-refractivity contribution is -0.110. The van der Waals surface area contributed by atoms with Crippen molar-refractivity contribution in [3.8, 4) is 0 Å². The van der Waals surface area contributed by atoms with E-state index in [1.807, 2.05) is 36.4 Å². The number of benzene rings is 2. The molecule has 0 radical (unpaired) electrons. The fraction of sp³-hybridized carbons (Fsp3) is 0. The fourth-order valence-electron chi connectivity index (χ4n) is 2.25. The number of anilines is 1. The first-order chi connectivity index (χ1) is 10.2. The molecule has 1 N–H and O–H groups in total. The van der Waals surface area contributed by atoms with E-state index < -0.39 is 0 Å². The van der Waals surface area contributed by atoms with Gasteiger partial charge in [0, 0.05) is 10.6 Å². The van der Waals surface area contributed by atoms with Gasteiger partial charge in [0.05, 0.1) is 15.9 Å². The van der Waals surface area contributed by atoms with Gasteiger partial charge in [-0.05, 0) is 24.3 Å². The Kier molecular flexibility index (Phi) is 2.77. The number of nitrogens with one attached hydrogen (secondary N) is 1. The Morgan fingerprint density at radius 1 is 1.19 bits per heavy atom. The van der Waals surface area contributed by atoms with E-state index in [-0.39, 0.29) is 5.91 Å². The number of aromatic nitrogens is 1. The summed E-state index contributed by atoms with van der Waals surface area (Å²) < 4.78 is 0.991. The number of para-hydroxylation sites is 1. The number of hydrogen-bond acceptors (Lipinski definition) is 4. The summed E-state index contributed by atoms with van der Waals surface area (Å²) in [6.45, 7) is 0. The van der Waals surface area contributed by atoms with E-state index in [1.165, 1.54) is 11.3 Å². The summed E-state index contributed by atoms with van der Waals surface area (Å²) >= 11 is 7.39. The van der Waals surface area contributed by atoms with E-state index in [2.05, 4.69) is 15.3 Å². The molecule has 0 bridgehead atoms. The Labute approximate surface area is 129 Å². The minimum Gasteiger partial charge on any atom is -0.320 e. The van der Waals surface area contributed by atoms with Gasteiger partial charge >= 0.3 is 0 Å².